The van der Waals surface area contributed by atoms with Crippen LogP contribution in [0, 0.1) is 0 Å². The van der Waals surface area contributed by atoms with E-state index in [1.807, 2.05) is 78.9 Å². The van der Waals surface area contributed by atoms with Crippen LogP contribution >= 0.6 is 0 Å². The highest BCUT2D eigenvalue weighted by Crippen LogP contribution is 2.44. The number of fused-ring (bicyclic) bond motifs is 3. The Morgan fingerprint density at radius 3 is 2.00 bits per heavy atom. The number of methoxy groups -OCH3 is 1. The Balaban J connectivity index is 1.46. The van der Waals surface area contributed by atoms with E-state index in [1.54, 1.807) is 0 Å². The van der Waals surface area contributed by atoms with E-state index in [4.69, 9.17) is 4.74 Å². The number of carbonyl (C=O) groups is 3. The van der Waals surface area contributed by atoms with E-state index in [0.717, 1.165) is 34.9 Å². The Labute approximate surface area is 209 Å². The first-order chi connectivity index (χ1) is 17.5. The van der Waals surface area contributed by atoms with Crippen LogP contribution in [0.2, 0.25) is 0 Å². The Bertz CT molecular complexity index is 1180. The molecule has 0 aliphatic heterocycles. The molecule has 0 bridgehead atoms. The van der Waals surface area contributed by atoms with Crippen molar-refractivity contribution in [3.05, 3.63) is 95.6 Å². The van der Waals surface area contributed by atoms with Gasteiger partial charge in [0.15, 0.2) is 6.04 Å². The van der Waals surface area contributed by atoms with Gasteiger partial charge >= 0.3 is 12.1 Å². The summed E-state index contributed by atoms with van der Waals surface area (Å²) >= 11 is 0. The Morgan fingerprint density at radius 2 is 1.42 bits per heavy atom. The lowest BCUT2D eigenvalue weighted by Crippen LogP contribution is -2.53. The highest BCUT2D eigenvalue weighted by molar-refractivity contribution is 5.90. The van der Waals surface area contributed by atoms with Crippen molar-refractivity contribution in [2.24, 2.45) is 0 Å². The molecule has 0 unspecified atom stereocenters. The van der Waals surface area contributed by atoms with Crippen LogP contribution < -0.4 is 10.6 Å². The van der Waals surface area contributed by atoms with Gasteiger partial charge in [0.1, 0.15) is 12.6 Å². The summed E-state index contributed by atoms with van der Waals surface area (Å²) in [5.74, 6) is -1.55. The summed E-state index contributed by atoms with van der Waals surface area (Å²) in [6.45, 7) is -0.539. The maximum atomic E-state index is 13.0. The van der Waals surface area contributed by atoms with Crippen LogP contribution in [0.5, 0.6) is 0 Å². The minimum atomic E-state index is -1.25. The minimum absolute atomic E-state index is 0.0982. The van der Waals surface area contributed by atoms with Crippen LogP contribution in [-0.2, 0) is 25.5 Å². The van der Waals surface area contributed by atoms with Crippen LogP contribution in [0.4, 0.5) is 4.79 Å². The highest BCUT2D eigenvalue weighted by atomic mass is 16.5. The smallest absolute Gasteiger partial charge is 0.407 e. The number of alkyl carbamates (subject to hydrolysis) is 1. The van der Waals surface area contributed by atoms with E-state index in [2.05, 4.69) is 15.4 Å². The number of hydrogen-bond acceptors (Lipinski definition) is 6. The average molecular weight is 489 g/mol. The number of ether oxygens (including phenoxy) is 2. The van der Waals surface area contributed by atoms with Crippen molar-refractivity contribution in [1.82, 2.24) is 10.6 Å². The molecule has 8 heteroatoms. The summed E-state index contributed by atoms with van der Waals surface area (Å²) in [7, 11) is 1.16. The lowest BCUT2D eigenvalue weighted by atomic mass is 9.98. The van der Waals surface area contributed by atoms with E-state index in [9.17, 15) is 19.5 Å². The topological polar surface area (TPSA) is 114 Å². The van der Waals surface area contributed by atoms with Gasteiger partial charge < -0.3 is 25.2 Å². The van der Waals surface area contributed by atoms with Crippen LogP contribution in [0.15, 0.2) is 78.9 Å². The van der Waals surface area contributed by atoms with Crippen molar-refractivity contribution in [3.8, 4) is 11.1 Å². The van der Waals surface area contributed by atoms with E-state index in [-0.39, 0.29) is 18.9 Å². The molecule has 0 saturated carbocycles. The van der Waals surface area contributed by atoms with Crippen molar-refractivity contribution in [2.45, 2.75) is 24.4 Å². The van der Waals surface area contributed by atoms with Crippen LogP contribution in [0.25, 0.3) is 11.1 Å². The largest absolute Gasteiger partial charge is 0.467 e. The predicted octanol–water partition coefficient (Wildman–Crippen LogP) is 2.79. The summed E-state index contributed by atoms with van der Waals surface area (Å²) in [5, 5.41) is 14.5. The zero-order valence-corrected chi connectivity index (χ0v) is 19.8. The zero-order valence-electron chi connectivity index (χ0n) is 19.8. The van der Waals surface area contributed by atoms with Crippen molar-refractivity contribution in [2.75, 3.05) is 20.3 Å². The van der Waals surface area contributed by atoms with E-state index in [0.29, 0.717) is 0 Å². The molecule has 2 amide bonds. The molecule has 3 aromatic carbocycles. The monoisotopic (exact) mass is 488 g/mol. The molecule has 1 aliphatic rings. The van der Waals surface area contributed by atoms with Crippen molar-refractivity contribution in [3.63, 3.8) is 0 Å². The van der Waals surface area contributed by atoms with E-state index < -0.39 is 36.7 Å². The molecule has 1 aliphatic carbocycles. The van der Waals surface area contributed by atoms with Gasteiger partial charge in [-0.15, -0.1) is 0 Å². The molecule has 3 aromatic rings. The molecule has 3 N–H and O–H groups in total. The molecular formula is C28H28N2O6. The second kappa shape index (κ2) is 11.5. The number of amides is 2. The molecular weight excluding hydrogens is 460 g/mol. The van der Waals surface area contributed by atoms with Gasteiger partial charge in [0.05, 0.1) is 13.7 Å². The van der Waals surface area contributed by atoms with Crippen molar-refractivity contribution in [1.29, 1.82) is 0 Å². The third kappa shape index (κ3) is 5.55. The third-order valence-electron chi connectivity index (χ3n) is 6.22. The predicted molar refractivity (Wildman–Crippen MR) is 133 cm³/mol. The summed E-state index contributed by atoms with van der Waals surface area (Å²) in [5.41, 5.74) is 5.18. The van der Waals surface area contributed by atoms with Crippen LogP contribution in [0.3, 0.4) is 0 Å². The quantitative estimate of drug-likeness (QED) is 0.399. The van der Waals surface area contributed by atoms with Crippen molar-refractivity contribution < 1.29 is 29.0 Å². The fraction of sp³-hybridized carbons (Fsp3) is 0.250. The molecule has 0 radical (unpaired) electrons. The molecule has 2 atom stereocenters. The Kier molecular flexibility index (Phi) is 7.97. The van der Waals surface area contributed by atoms with Gasteiger partial charge in [0.2, 0.25) is 5.91 Å². The Morgan fingerprint density at radius 1 is 0.833 bits per heavy atom. The first-order valence-corrected chi connectivity index (χ1v) is 11.7. The van der Waals surface area contributed by atoms with Gasteiger partial charge in [-0.05, 0) is 27.8 Å². The molecule has 186 valence electrons. The normalized spacial score (nSPS) is 13.6. The SMILES string of the molecule is COC(=O)[C@H](CO)NC(=O)[C@H](Cc1ccccc1)NC(=O)OCC1c2ccccc2-c2ccccc21. The number of esters is 1. The van der Waals surface area contributed by atoms with Gasteiger partial charge in [-0.1, -0.05) is 78.9 Å². The number of benzene rings is 3. The van der Waals surface area contributed by atoms with Gasteiger partial charge in [0, 0.05) is 12.3 Å². The van der Waals surface area contributed by atoms with E-state index >= 15 is 0 Å². The molecule has 36 heavy (non-hydrogen) atoms. The molecule has 0 heterocycles. The van der Waals surface area contributed by atoms with Gasteiger partial charge in [-0.2, -0.15) is 0 Å². The van der Waals surface area contributed by atoms with Gasteiger partial charge in [0.25, 0.3) is 0 Å². The summed E-state index contributed by atoms with van der Waals surface area (Å²) in [4.78, 5) is 37.6. The van der Waals surface area contributed by atoms with Gasteiger partial charge in [-0.3, -0.25) is 4.79 Å². The minimum Gasteiger partial charge on any atom is -0.467 e. The Hall–Kier alpha value is -4.17. The molecule has 4 rings (SSSR count). The second-order valence-corrected chi connectivity index (χ2v) is 8.48. The van der Waals surface area contributed by atoms with E-state index in [1.165, 1.54) is 0 Å². The molecule has 0 aromatic heterocycles. The lowest BCUT2D eigenvalue weighted by molar-refractivity contribution is -0.146. The number of aliphatic hydroxyl groups excluding tert-OH is 1. The lowest BCUT2D eigenvalue weighted by Gasteiger charge is -2.22. The fourth-order valence-electron chi connectivity index (χ4n) is 4.44. The maximum Gasteiger partial charge on any atom is 0.407 e. The fourth-order valence-corrected chi connectivity index (χ4v) is 4.44. The summed E-state index contributed by atoms with van der Waals surface area (Å²) in [6, 6.07) is 22.9. The first kappa shape index (κ1) is 24.9. The number of carbonyl (C=O) groups excluding carboxylic acids is 3. The number of nitrogens with one attached hydrogen (secondary N) is 2. The van der Waals surface area contributed by atoms with Crippen LogP contribution in [0.1, 0.15) is 22.6 Å². The zero-order chi connectivity index (χ0) is 25.5. The van der Waals surface area contributed by atoms with Crippen molar-refractivity contribution >= 4 is 18.0 Å². The molecule has 0 saturated heterocycles. The molecule has 8 nitrogen and oxygen atoms in total. The summed E-state index contributed by atoms with van der Waals surface area (Å²) < 4.78 is 10.2. The summed E-state index contributed by atoms with van der Waals surface area (Å²) in [6.07, 6.45) is -0.595. The first-order valence-electron chi connectivity index (χ1n) is 11.7. The standard InChI is InChI=1S/C28H28N2O6/c1-35-27(33)25(16-31)29-26(32)24(15-18-9-3-2-4-10-18)30-28(34)36-17-23-21-13-7-5-11-19(21)20-12-6-8-14-22(20)23/h2-14,23-25,31H,15-17H2,1H3,(H,29,32)(H,30,34)/t24-,25-/m0/s1. The average Bonchev–Trinajstić information content (AvgIpc) is 3.23. The van der Waals surface area contributed by atoms with Crippen LogP contribution in [-0.4, -0.2) is 55.5 Å². The van der Waals surface area contributed by atoms with Gasteiger partial charge in [-0.25, -0.2) is 9.59 Å². The molecule has 0 spiro atoms. The number of rotatable bonds is 9. The maximum absolute atomic E-state index is 13.0. The third-order valence-corrected chi connectivity index (χ3v) is 6.22. The number of hydrogen-bond donors (Lipinski definition) is 3. The second-order valence-electron chi connectivity index (χ2n) is 8.48. The number of aliphatic hydroxyl groups is 1. The molecule has 0 fully saturated rings. The highest BCUT2D eigenvalue weighted by Gasteiger charge is 2.31.